The summed E-state index contributed by atoms with van der Waals surface area (Å²) in [5.74, 6) is -0.0963. The molecule has 3 radical (unpaired) electrons. The molecule has 135 heavy (non-hydrogen) atoms. The van der Waals surface area contributed by atoms with Crippen LogP contribution < -0.4 is 68.2 Å². The van der Waals surface area contributed by atoms with Crippen LogP contribution in [0.4, 0.5) is 14.4 Å². The largest absolute Gasteiger partial charge is 2.00 e. The number of nitrogens with zero attached hydrogens (tertiary/aromatic N) is 9. The molecule has 0 bridgehead atoms. The number of nitrogens with one attached hydrogen (secondary N) is 3. The molecule has 16 rings (SSSR count). The summed E-state index contributed by atoms with van der Waals surface area (Å²) < 4.78 is 15.9. The second kappa shape index (κ2) is 50.9. The molecule has 3 amide bonds. The molecule has 8 aromatic heterocycles. The normalized spacial score (nSPS) is 11.1. The number of hydrogen-bond acceptors (Lipinski definition) is 19. The second-order valence-corrected chi connectivity index (χ2v) is 33.6. The molecule has 28 heteroatoms. The molecule has 0 aliphatic heterocycles. The van der Waals surface area contributed by atoms with E-state index in [2.05, 4.69) is 78.4 Å². The van der Waals surface area contributed by atoms with Gasteiger partial charge in [-0.1, -0.05) is 218 Å². The van der Waals surface area contributed by atoms with Crippen LogP contribution in [0.2, 0.25) is 0 Å². The van der Waals surface area contributed by atoms with Crippen molar-refractivity contribution in [2.45, 2.75) is 138 Å². The third kappa shape index (κ3) is 29.9. The summed E-state index contributed by atoms with van der Waals surface area (Å²) in [5.41, 5.74) is 28.2. The van der Waals surface area contributed by atoms with E-state index in [1.165, 1.54) is 6.92 Å². The summed E-state index contributed by atoms with van der Waals surface area (Å²) in [6.45, 7) is 23.1. The number of Topliss-reactive ketones (excluding diaryl/α,β-unsaturated/α-hetero) is 1. The molecular weight excluding hydrogens is 1820 g/mol. The first-order valence-corrected chi connectivity index (χ1v) is 42.1. The van der Waals surface area contributed by atoms with Crippen LogP contribution in [0.25, 0.3) is 133 Å². The molecule has 0 aliphatic carbocycles. The van der Waals surface area contributed by atoms with E-state index in [4.69, 9.17) is 39.9 Å². The number of hydrogen-bond donors (Lipinski definition) is 6. The Morgan fingerprint density at radius 3 is 0.911 bits per heavy atom. The smallest absolute Gasteiger partial charge is 1.00 e. The van der Waals surface area contributed by atoms with Gasteiger partial charge in [-0.05, 0) is 169 Å². The zero-order valence-corrected chi connectivity index (χ0v) is 84.7. The van der Waals surface area contributed by atoms with Gasteiger partial charge in [0.2, 0.25) is 0 Å². The van der Waals surface area contributed by atoms with E-state index in [0.717, 1.165) is 144 Å². The first-order valence-electron chi connectivity index (χ1n) is 42.1. The number of fused-ring (bicyclic) bond motifs is 4. The van der Waals surface area contributed by atoms with Gasteiger partial charge in [-0.3, -0.25) is 19.7 Å². The summed E-state index contributed by atoms with van der Waals surface area (Å²) >= 11 is 0. The van der Waals surface area contributed by atoms with Crippen LogP contribution in [0.1, 0.15) is 147 Å². The van der Waals surface area contributed by atoms with Crippen LogP contribution in [0.3, 0.4) is 0 Å². The summed E-state index contributed by atoms with van der Waals surface area (Å²) in [6.07, 6.45) is 3.89. The van der Waals surface area contributed by atoms with E-state index >= 15 is 0 Å². The van der Waals surface area contributed by atoms with Gasteiger partial charge in [-0.25, -0.2) is 39.3 Å². The number of benzene rings is 8. The van der Waals surface area contributed by atoms with Crippen molar-refractivity contribution in [1.29, 1.82) is 5.26 Å². The van der Waals surface area contributed by atoms with Crippen molar-refractivity contribution in [3.05, 3.63) is 344 Å². The first kappa shape index (κ1) is 111. The molecule has 0 spiro atoms. The number of aliphatic hydroxyl groups excluding tert-OH is 2. The molecule has 0 saturated carbocycles. The average molecular weight is 1930 g/mol. The quantitative estimate of drug-likeness (QED) is 0.0201. The van der Waals surface area contributed by atoms with E-state index < -0.39 is 47.3 Å². The van der Waals surface area contributed by atoms with Crippen LogP contribution in [-0.2, 0) is 40.4 Å². The van der Waals surface area contributed by atoms with E-state index in [-0.39, 0.29) is 117 Å². The zero-order valence-electron chi connectivity index (χ0n) is 79.0. The van der Waals surface area contributed by atoms with Gasteiger partial charge in [0.15, 0.2) is 5.78 Å². The van der Waals surface area contributed by atoms with Gasteiger partial charge < -0.3 is 71.9 Å². The van der Waals surface area contributed by atoms with Crippen molar-refractivity contribution < 1.29 is 91.6 Å². The van der Waals surface area contributed by atoms with Gasteiger partial charge in [0.25, 0.3) is 0 Å². The van der Waals surface area contributed by atoms with Crippen molar-refractivity contribution in [3.63, 3.8) is 0 Å². The van der Waals surface area contributed by atoms with Crippen molar-refractivity contribution in [1.82, 2.24) is 55.8 Å². The fraction of sp³-hybridized carbons (Fsp3) is 0.196. The molecule has 2 unspecified atom stereocenters. The maximum Gasteiger partial charge on any atom is 2.00 e. The third-order valence-electron chi connectivity index (χ3n) is 20.3. The van der Waals surface area contributed by atoms with Crippen LogP contribution in [0, 0.1) is 18.8 Å². The number of rotatable bonds is 18. The summed E-state index contributed by atoms with van der Waals surface area (Å²) in [5, 5.41) is 41.3. The number of pyridine rings is 8. The molecule has 16 aromatic rings. The monoisotopic (exact) mass is 1920 g/mol. The minimum absolute atomic E-state index is 0. The average Bonchev–Trinajstić information content (AvgIpc) is 0.777. The Balaban J connectivity index is 0.000000315. The molecule has 8 heterocycles. The Hall–Kier alpha value is -12.3. The van der Waals surface area contributed by atoms with Gasteiger partial charge in [0.05, 0.1) is 68.4 Å². The van der Waals surface area contributed by atoms with E-state index in [0.29, 0.717) is 60.0 Å². The SMILES string of the molecule is CC(=O)c1nccc2nc(-c3ccc(CNC(=O)OC(C)(C)C)cc3)c(-c3ccccc3)cc12.CC(C)(C)OC(=O)NCc1ccc(-c2nc3ccnc(C#N)c3cc2-c2ccccc2)cc1.CC(O)c1nccc2nc(-c3ccc(CN)cc3)c(-c3ccccc3)cc12.CC(O)c1nccc2nc(-c3ccc(CNC(=O)OC(C)(C)C)cc3)c(-c3ccccc3)cc12.Cl.Cl.[B].[Br-].[CH3-].[H-].[Mg+2].[Na+]. The van der Waals surface area contributed by atoms with Crippen LogP contribution in [0.15, 0.2) is 292 Å². The molecule has 0 saturated heterocycles. The maximum absolute atomic E-state index is 12.2. The van der Waals surface area contributed by atoms with Crippen molar-refractivity contribution in [2.24, 2.45) is 5.73 Å². The molecule has 7 N–H and O–H groups in total. The minimum Gasteiger partial charge on any atom is -1.00 e. The first-order chi connectivity index (χ1) is 61.4. The van der Waals surface area contributed by atoms with E-state index in [9.17, 15) is 34.7 Å². The number of ether oxygens (including phenoxy) is 3. The molecular formula is C107H107BBrCl2MgN13NaO9. The van der Waals surface area contributed by atoms with Crippen molar-refractivity contribution in [3.8, 4) is 95.6 Å². The van der Waals surface area contributed by atoms with E-state index in [1.807, 2.05) is 293 Å². The van der Waals surface area contributed by atoms with Crippen molar-refractivity contribution in [2.75, 3.05) is 0 Å². The maximum atomic E-state index is 12.2. The standard InChI is InChI=1S/C28H29N3O3.C28H27N3O3.C27H24N4O2.C23H21N3O.CH3.B.BrH.2ClH.Mg.Na.H/c2*1-18(32)25-23-16-22(20-8-6-5-7-9-20)26(31-24(23)14-15-29-25)21-12-10-19(11-13-21)17-30-27(33)34-28(2,3)4;1-27(2,3)33-26(32)30-17-18-9-11-20(12-10-18)25-21(19-7-5-4-6-8-19)15-22-23(31-25)13-14-29-24(22)16-28;1-15(27)22-20-13-19(17-5-3-2-4-6-17)23(26-21(20)11-12-25-22)18-9-7-16(14-24)8-10-18;;;;;;;;/h5-16,18,32H,17H2,1-4H3,(H,30,33);5-16H,17H2,1-4H3,(H,30,33);4-15H,17H2,1-3H3,(H,30,32);2-13,15,27H,14,24H2,1H3;1H3;;3*1H;;;/q;;;;-1;;;;;+2;+1;-1/p-1. The fourth-order valence-corrected chi connectivity index (χ4v) is 14.3. The zero-order chi connectivity index (χ0) is 90.8. The summed E-state index contributed by atoms with van der Waals surface area (Å²) in [4.78, 5) is 84.9. The second-order valence-electron chi connectivity index (χ2n) is 33.6. The fourth-order valence-electron chi connectivity index (χ4n) is 14.3. The Morgan fingerprint density at radius 2 is 0.644 bits per heavy atom. The minimum atomic E-state index is -0.697. The summed E-state index contributed by atoms with van der Waals surface area (Å²) in [7, 11) is 0. The van der Waals surface area contributed by atoms with Gasteiger partial charge in [0, 0.05) is 132 Å². The Morgan fingerprint density at radius 1 is 0.393 bits per heavy atom. The molecule has 8 aromatic carbocycles. The van der Waals surface area contributed by atoms with Gasteiger partial charge >= 0.3 is 70.9 Å². The number of nitrogens with two attached hydrogens (primary N) is 1. The number of carbonyl (C=O) groups is 4. The van der Waals surface area contributed by atoms with Gasteiger partial charge in [-0.15, -0.1) is 24.8 Å². The van der Waals surface area contributed by atoms with Gasteiger partial charge in [-0.2, -0.15) is 5.26 Å². The number of nitriles is 1. The van der Waals surface area contributed by atoms with Gasteiger partial charge in [0.1, 0.15) is 34.3 Å². The van der Waals surface area contributed by atoms with E-state index in [1.54, 1.807) is 38.6 Å². The predicted molar refractivity (Wildman–Crippen MR) is 538 cm³/mol. The number of ketones is 1. The van der Waals surface area contributed by atoms with Crippen molar-refractivity contribution >= 4 is 124 Å². The summed E-state index contributed by atoms with van der Waals surface area (Å²) in [6, 6.07) is 89.7. The predicted octanol–water partition coefficient (Wildman–Crippen LogP) is 17.2. The third-order valence-corrected chi connectivity index (χ3v) is 20.3. The van der Waals surface area contributed by atoms with Crippen LogP contribution >= 0.6 is 24.8 Å². The number of alkyl carbamates (subject to hydrolysis) is 3. The van der Waals surface area contributed by atoms with Crippen LogP contribution in [0.5, 0.6) is 0 Å². The Labute approximate surface area is 853 Å². The molecule has 2 atom stereocenters. The Bertz CT molecular complexity index is 6720. The van der Waals surface area contributed by atoms with Crippen LogP contribution in [-0.4, -0.2) is 122 Å². The number of aliphatic hydroxyl groups is 2. The topological polar surface area (TPSA) is 325 Å². The number of halogens is 3. The molecule has 681 valence electrons. The number of aromatic nitrogens is 8. The molecule has 22 nitrogen and oxygen atoms in total. The number of carbonyl (C=O) groups excluding carboxylic acids is 4. The Kier molecular flexibility index (Phi) is 42.0. The molecule has 0 aliphatic rings. The molecule has 0 fully saturated rings. The number of amides is 3.